The fourth-order valence-corrected chi connectivity index (χ4v) is 4.66. The maximum absolute atomic E-state index is 12.9. The number of para-hydroxylation sites is 1. The Morgan fingerprint density at radius 1 is 1.38 bits per heavy atom. The number of piperidine rings is 3. The molecular weight excluding hydrogens is 370 g/mol. The highest BCUT2D eigenvalue weighted by Gasteiger charge is 2.43. The van der Waals surface area contributed by atoms with E-state index in [9.17, 15) is 4.79 Å². The van der Waals surface area contributed by atoms with Gasteiger partial charge in [0.2, 0.25) is 5.91 Å². The summed E-state index contributed by atoms with van der Waals surface area (Å²) >= 11 is 0. The lowest BCUT2D eigenvalue weighted by atomic mass is 9.75. The maximum Gasteiger partial charge on any atom is 0.224 e. The molecule has 8 heteroatoms. The van der Waals surface area contributed by atoms with Gasteiger partial charge in [-0.1, -0.05) is 23.4 Å². The SMILES string of the molecule is COc1ccccc1CNC(=O)[C@@H]1CN2CC[C@@H]1C[C@@H]2Cn1cc(CCO)nn1. The number of aliphatic hydroxyl groups excluding tert-OH is 1. The van der Waals surface area contributed by atoms with Crippen molar-refractivity contribution in [1.82, 2.24) is 25.2 Å². The second kappa shape index (κ2) is 8.92. The molecule has 8 nitrogen and oxygen atoms in total. The molecule has 156 valence electrons. The number of carbonyl (C=O) groups is 1. The topological polar surface area (TPSA) is 92.5 Å². The molecule has 1 aromatic carbocycles. The van der Waals surface area contributed by atoms with E-state index in [1.54, 1.807) is 7.11 Å². The summed E-state index contributed by atoms with van der Waals surface area (Å²) in [4.78, 5) is 15.3. The van der Waals surface area contributed by atoms with E-state index in [1.165, 1.54) is 0 Å². The molecule has 2 N–H and O–H groups in total. The molecule has 5 rings (SSSR count). The van der Waals surface area contributed by atoms with Crippen molar-refractivity contribution in [2.75, 3.05) is 26.8 Å². The number of carbonyl (C=O) groups excluding carboxylic acids is 1. The molecule has 1 unspecified atom stereocenters. The Labute approximate surface area is 170 Å². The van der Waals surface area contributed by atoms with Crippen molar-refractivity contribution in [3.05, 3.63) is 41.7 Å². The molecule has 4 heterocycles. The van der Waals surface area contributed by atoms with Crippen LogP contribution >= 0.6 is 0 Å². The number of nitrogens with zero attached hydrogens (tertiary/aromatic N) is 4. The van der Waals surface area contributed by atoms with E-state index in [4.69, 9.17) is 9.84 Å². The number of methoxy groups -OCH3 is 1. The molecule has 1 aromatic heterocycles. The number of aliphatic hydroxyl groups is 1. The lowest BCUT2D eigenvalue weighted by Crippen LogP contribution is -2.58. The van der Waals surface area contributed by atoms with Gasteiger partial charge in [-0.25, -0.2) is 0 Å². The number of ether oxygens (including phenoxy) is 1. The zero-order valence-electron chi connectivity index (χ0n) is 16.8. The average Bonchev–Trinajstić information content (AvgIpc) is 3.19. The van der Waals surface area contributed by atoms with Gasteiger partial charge in [0.15, 0.2) is 0 Å². The molecule has 3 saturated heterocycles. The van der Waals surface area contributed by atoms with E-state index in [2.05, 4.69) is 20.5 Å². The second-order valence-corrected chi connectivity index (χ2v) is 7.97. The number of fused-ring (bicyclic) bond motifs is 3. The van der Waals surface area contributed by atoms with Crippen LogP contribution < -0.4 is 10.1 Å². The third-order valence-corrected chi connectivity index (χ3v) is 6.21. The van der Waals surface area contributed by atoms with E-state index in [-0.39, 0.29) is 18.4 Å². The van der Waals surface area contributed by atoms with Crippen LogP contribution in [0.25, 0.3) is 0 Å². The zero-order chi connectivity index (χ0) is 20.2. The van der Waals surface area contributed by atoms with Crippen LogP contribution in [0.2, 0.25) is 0 Å². The average molecular weight is 399 g/mol. The number of nitrogens with one attached hydrogen (secondary N) is 1. The summed E-state index contributed by atoms with van der Waals surface area (Å²) in [6.07, 6.45) is 4.51. The smallest absolute Gasteiger partial charge is 0.224 e. The second-order valence-electron chi connectivity index (χ2n) is 7.97. The molecule has 2 bridgehead atoms. The summed E-state index contributed by atoms with van der Waals surface area (Å²) in [5.74, 6) is 1.38. The van der Waals surface area contributed by atoms with Crippen LogP contribution in [-0.4, -0.2) is 63.8 Å². The van der Waals surface area contributed by atoms with Crippen LogP contribution in [0, 0.1) is 11.8 Å². The molecule has 0 saturated carbocycles. The van der Waals surface area contributed by atoms with Gasteiger partial charge in [-0.05, 0) is 31.4 Å². The Morgan fingerprint density at radius 3 is 3.00 bits per heavy atom. The molecule has 3 fully saturated rings. The van der Waals surface area contributed by atoms with Gasteiger partial charge in [-0.15, -0.1) is 5.10 Å². The molecule has 29 heavy (non-hydrogen) atoms. The van der Waals surface area contributed by atoms with E-state index >= 15 is 0 Å². The first-order valence-corrected chi connectivity index (χ1v) is 10.3. The van der Waals surface area contributed by atoms with Gasteiger partial charge in [0, 0.05) is 43.9 Å². The fraction of sp³-hybridized carbons (Fsp3) is 0.571. The molecule has 1 amide bonds. The highest BCUT2D eigenvalue weighted by Crippen LogP contribution is 2.37. The fourth-order valence-electron chi connectivity index (χ4n) is 4.66. The predicted molar refractivity (Wildman–Crippen MR) is 107 cm³/mol. The first kappa shape index (κ1) is 19.8. The first-order valence-electron chi connectivity index (χ1n) is 10.3. The Bertz CT molecular complexity index is 839. The van der Waals surface area contributed by atoms with E-state index in [1.807, 2.05) is 35.1 Å². The molecular formula is C21H29N5O3. The van der Waals surface area contributed by atoms with Crippen molar-refractivity contribution < 1.29 is 14.6 Å². The highest BCUT2D eigenvalue weighted by atomic mass is 16.5. The third kappa shape index (κ3) is 4.43. The summed E-state index contributed by atoms with van der Waals surface area (Å²) in [5.41, 5.74) is 1.81. The maximum atomic E-state index is 12.9. The Kier molecular flexibility index (Phi) is 6.10. The first-order chi connectivity index (χ1) is 14.2. The molecule has 0 aliphatic carbocycles. The molecule has 3 aliphatic heterocycles. The van der Waals surface area contributed by atoms with Crippen LogP contribution in [0.15, 0.2) is 30.5 Å². The number of benzene rings is 1. The zero-order valence-corrected chi connectivity index (χ0v) is 16.8. The Balaban J connectivity index is 1.33. The number of hydrogen-bond acceptors (Lipinski definition) is 6. The van der Waals surface area contributed by atoms with Crippen LogP contribution in [0.5, 0.6) is 5.75 Å². The van der Waals surface area contributed by atoms with Crippen molar-refractivity contribution in [3.8, 4) is 5.75 Å². The van der Waals surface area contributed by atoms with Gasteiger partial charge >= 0.3 is 0 Å². The van der Waals surface area contributed by atoms with Crippen LogP contribution in [0.3, 0.4) is 0 Å². The largest absolute Gasteiger partial charge is 0.496 e. The Hall–Kier alpha value is -2.45. The number of hydrogen-bond donors (Lipinski definition) is 2. The van der Waals surface area contributed by atoms with Crippen molar-refractivity contribution >= 4 is 5.91 Å². The summed E-state index contributed by atoms with van der Waals surface area (Å²) in [6, 6.07) is 8.17. The van der Waals surface area contributed by atoms with E-state index in [0.29, 0.717) is 24.9 Å². The van der Waals surface area contributed by atoms with Gasteiger partial charge in [0.25, 0.3) is 0 Å². The minimum absolute atomic E-state index is 0.0374. The summed E-state index contributed by atoms with van der Waals surface area (Å²) < 4.78 is 7.24. The minimum atomic E-state index is 0.0374. The van der Waals surface area contributed by atoms with E-state index in [0.717, 1.165) is 49.5 Å². The molecule has 3 aliphatic rings. The van der Waals surface area contributed by atoms with Gasteiger partial charge in [0.05, 0.1) is 25.3 Å². The predicted octanol–water partition coefficient (Wildman–Crippen LogP) is 0.848. The molecule has 0 spiro atoms. The lowest BCUT2D eigenvalue weighted by Gasteiger charge is -2.49. The Morgan fingerprint density at radius 2 is 2.24 bits per heavy atom. The highest BCUT2D eigenvalue weighted by molar-refractivity contribution is 5.79. The summed E-state index contributed by atoms with van der Waals surface area (Å²) in [5, 5.41) is 20.4. The van der Waals surface area contributed by atoms with Crippen molar-refractivity contribution in [3.63, 3.8) is 0 Å². The van der Waals surface area contributed by atoms with Gasteiger partial charge < -0.3 is 15.2 Å². The van der Waals surface area contributed by atoms with Crippen LogP contribution in [-0.2, 0) is 24.3 Å². The standard InChI is InChI=1S/C21H29N5O3/c1-29-20-5-3-2-4-16(20)11-22-21(28)19-14-25-8-6-15(19)10-18(25)13-26-12-17(7-9-27)23-24-26/h2-5,12,15,18-19,27H,6-11,13-14H2,1H3,(H,22,28)/t15-,18-,19-/m1/s1. The van der Waals surface area contributed by atoms with Crippen molar-refractivity contribution in [2.45, 2.75) is 38.4 Å². The quantitative estimate of drug-likeness (QED) is 0.684. The van der Waals surface area contributed by atoms with Gasteiger partial charge in [-0.3, -0.25) is 14.4 Å². The van der Waals surface area contributed by atoms with Crippen molar-refractivity contribution in [2.24, 2.45) is 11.8 Å². The lowest BCUT2D eigenvalue weighted by molar-refractivity contribution is -0.133. The number of rotatable bonds is 8. The summed E-state index contributed by atoms with van der Waals surface area (Å²) in [6.45, 7) is 3.18. The number of aromatic nitrogens is 3. The minimum Gasteiger partial charge on any atom is -0.496 e. The summed E-state index contributed by atoms with van der Waals surface area (Å²) in [7, 11) is 1.65. The van der Waals surface area contributed by atoms with Crippen LogP contribution in [0.1, 0.15) is 24.1 Å². The van der Waals surface area contributed by atoms with Crippen molar-refractivity contribution in [1.29, 1.82) is 0 Å². The van der Waals surface area contributed by atoms with Gasteiger partial charge in [-0.2, -0.15) is 0 Å². The molecule has 4 atom stereocenters. The van der Waals surface area contributed by atoms with E-state index < -0.39 is 0 Å². The third-order valence-electron chi connectivity index (χ3n) is 6.21. The molecule has 0 radical (unpaired) electrons. The van der Waals surface area contributed by atoms with Gasteiger partial charge in [0.1, 0.15) is 5.75 Å². The monoisotopic (exact) mass is 399 g/mol. The normalized spacial score (nSPS) is 25.7. The molecule has 2 aromatic rings. The van der Waals surface area contributed by atoms with Crippen LogP contribution in [0.4, 0.5) is 0 Å². The number of amides is 1.